The van der Waals surface area contributed by atoms with Gasteiger partial charge in [0.05, 0.1) is 10.5 Å². The Morgan fingerprint density at radius 1 is 1.00 bits per heavy atom. The number of amides is 1. The molecule has 2 rings (SSSR count). The summed E-state index contributed by atoms with van der Waals surface area (Å²) in [5.74, 6) is -4.16. The van der Waals surface area contributed by atoms with Crippen LogP contribution in [0, 0.1) is 0 Å². The number of hydrogen-bond acceptors (Lipinski definition) is 4. The zero-order valence-electron chi connectivity index (χ0n) is 16.7. The van der Waals surface area contributed by atoms with Crippen molar-refractivity contribution in [3.05, 3.63) is 65.2 Å². The average Bonchev–Trinajstić information content (AvgIpc) is 2.70. The molecular formula is C20H21F5N2O3S. The van der Waals surface area contributed by atoms with Gasteiger partial charge in [-0.2, -0.15) is 22.0 Å². The van der Waals surface area contributed by atoms with Crippen LogP contribution >= 0.6 is 0 Å². The fraction of sp³-hybridized carbons (Fsp3) is 0.350. The molecular weight excluding hydrogens is 443 g/mol. The normalized spacial score (nSPS) is 12.4. The van der Waals surface area contributed by atoms with Crippen molar-refractivity contribution in [2.45, 2.75) is 23.4 Å². The Morgan fingerprint density at radius 2 is 1.61 bits per heavy atom. The van der Waals surface area contributed by atoms with E-state index in [1.807, 2.05) is 0 Å². The highest BCUT2D eigenvalue weighted by Crippen LogP contribution is 2.30. The van der Waals surface area contributed by atoms with Gasteiger partial charge in [0.25, 0.3) is 5.91 Å². The second-order valence-corrected chi connectivity index (χ2v) is 8.98. The van der Waals surface area contributed by atoms with Crippen molar-refractivity contribution >= 4 is 15.7 Å². The van der Waals surface area contributed by atoms with E-state index in [1.165, 1.54) is 17.0 Å². The maximum absolute atomic E-state index is 13.0. The molecule has 0 aliphatic rings. The van der Waals surface area contributed by atoms with Crippen LogP contribution in [0.25, 0.3) is 0 Å². The Balaban J connectivity index is 2.30. The van der Waals surface area contributed by atoms with Crippen LogP contribution in [0.4, 0.5) is 22.0 Å². The van der Waals surface area contributed by atoms with E-state index in [4.69, 9.17) is 0 Å². The highest BCUT2D eigenvalue weighted by atomic mass is 32.2. The quantitative estimate of drug-likeness (QED) is 0.556. The van der Waals surface area contributed by atoms with Crippen LogP contribution in [-0.4, -0.2) is 57.1 Å². The molecule has 0 aliphatic heterocycles. The highest BCUT2D eigenvalue weighted by molar-refractivity contribution is 7.91. The molecule has 0 atom stereocenters. The highest BCUT2D eigenvalue weighted by Gasteiger charge is 2.31. The standard InChI is InChI=1S/C20H21F5N2O3S/c1-26(2)10-11-27(13-14-4-3-5-16(12-14)20(23,24)25)18(28)15-6-8-17(9-7-15)31(29,30)19(21)22/h3-9,12,19H,10-11,13H2,1-2H3. The number of halogens is 5. The van der Waals surface area contributed by atoms with Crippen molar-refractivity contribution in [2.75, 3.05) is 27.2 Å². The molecule has 0 radical (unpaired) electrons. The van der Waals surface area contributed by atoms with Gasteiger partial charge >= 0.3 is 11.9 Å². The maximum Gasteiger partial charge on any atom is 0.416 e. The Labute approximate surface area is 177 Å². The molecule has 11 heteroatoms. The van der Waals surface area contributed by atoms with Crippen LogP contribution < -0.4 is 0 Å². The van der Waals surface area contributed by atoms with Crippen molar-refractivity contribution in [3.8, 4) is 0 Å². The molecule has 170 valence electrons. The second-order valence-electron chi connectivity index (χ2n) is 7.06. The van der Waals surface area contributed by atoms with E-state index in [2.05, 4.69) is 0 Å². The Morgan fingerprint density at radius 3 is 2.13 bits per heavy atom. The van der Waals surface area contributed by atoms with Gasteiger partial charge in [-0.3, -0.25) is 4.79 Å². The Kier molecular flexibility index (Phi) is 7.77. The van der Waals surface area contributed by atoms with E-state index < -0.39 is 38.1 Å². The summed E-state index contributed by atoms with van der Waals surface area (Å²) in [4.78, 5) is 15.4. The van der Waals surface area contributed by atoms with Gasteiger partial charge in [0, 0.05) is 25.2 Å². The number of nitrogens with zero attached hydrogens (tertiary/aromatic N) is 2. The summed E-state index contributed by atoms with van der Waals surface area (Å²) in [6.45, 7) is 0.482. The monoisotopic (exact) mass is 464 g/mol. The van der Waals surface area contributed by atoms with Crippen molar-refractivity contribution in [1.29, 1.82) is 0 Å². The third-order valence-corrected chi connectivity index (χ3v) is 5.79. The molecule has 0 N–H and O–H groups in total. The zero-order valence-corrected chi connectivity index (χ0v) is 17.6. The van der Waals surface area contributed by atoms with Crippen molar-refractivity contribution in [2.24, 2.45) is 0 Å². The first-order valence-electron chi connectivity index (χ1n) is 9.04. The number of alkyl halides is 5. The van der Waals surface area contributed by atoms with Crippen molar-refractivity contribution < 1.29 is 35.2 Å². The molecule has 0 bridgehead atoms. The Bertz CT molecular complexity index is 1010. The molecule has 0 fully saturated rings. The number of sulfone groups is 1. The predicted molar refractivity (Wildman–Crippen MR) is 104 cm³/mol. The van der Waals surface area contributed by atoms with Crippen molar-refractivity contribution in [3.63, 3.8) is 0 Å². The summed E-state index contributed by atoms with van der Waals surface area (Å²) in [5, 5.41) is 0. The number of hydrogen-bond donors (Lipinski definition) is 0. The summed E-state index contributed by atoms with van der Waals surface area (Å²) < 4.78 is 87.4. The van der Waals surface area contributed by atoms with E-state index in [1.54, 1.807) is 19.0 Å². The molecule has 2 aromatic rings. The number of carbonyl (C=O) groups excluding carboxylic acids is 1. The third kappa shape index (κ3) is 6.47. The average molecular weight is 464 g/mol. The Hall–Kier alpha value is -2.53. The minimum atomic E-state index is -4.80. The zero-order chi connectivity index (χ0) is 23.4. The summed E-state index contributed by atoms with van der Waals surface area (Å²) >= 11 is 0. The maximum atomic E-state index is 13.0. The number of carbonyl (C=O) groups is 1. The van der Waals surface area contributed by atoms with Crippen LogP contribution in [0.5, 0.6) is 0 Å². The fourth-order valence-electron chi connectivity index (χ4n) is 2.71. The first-order chi connectivity index (χ1) is 14.3. The van der Waals surface area contributed by atoms with E-state index in [9.17, 15) is 35.2 Å². The van der Waals surface area contributed by atoms with Gasteiger partial charge in [0.1, 0.15) is 0 Å². The first-order valence-corrected chi connectivity index (χ1v) is 10.6. The van der Waals surface area contributed by atoms with Crippen LogP contribution in [-0.2, 0) is 22.6 Å². The fourth-order valence-corrected chi connectivity index (χ4v) is 3.43. The van der Waals surface area contributed by atoms with Gasteiger partial charge in [0.15, 0.2) is 0 Å². The second kappa shape index (κ2) is 9.73. The molecule has 0 unspecified atom stereocenters. The number of benzene rings is 2. The van der Waals surface area contributed by atoms with Crippen molar-refractivity contribution in [1.82, 2.24) is 9.80 Å². The molecule has 0 saturated heterocycles. The van der Waals surface area contributed by atoms with Crippen LogP contribution in [0.2, 0.25) is 0 Å². The lowest BCUT2D eigenvalue weighted by atomic mass is 10.1. The van der Waals surface area contributed by atoms with Gasteiger partial charge in [-0.1, -0.05) is 12.1 Å². The van der Waals surface area contributed by atoms with Crippen LogP contribution in [0.15, 0.2) is 53.4 Å². The van der Waals surface area contributed by atoms with Gasteiger partial charge in [-0.15, -0.1) is 0 Å². The molecule has 5 nitrogen and oxygen atoms in total. The summed E-state index contributed by atoms with van der Waals surface area (Å²) in [5.41, 5.74) is -0.552. The summed E-state index contributed by atoms with van der Waals surface area (Å²) in [6, 6.07) is 8.61. The SMILES string of the molecule is CN(C)CCN(Cc1cccc(C(F)(F)F)c1)C(=O)c1ccc(S(=O)(=O)C(F)F)cc1. The van der Waals surface area contributed by atoms with Gasteiger partial charge in [-0.05, 0) is 56.1 Å². The van der Waals surface area contributed by atoms with Crippen LogP contribution in [0.3, 0.4) is 0 Å². The first kappa shape index (κ1) is 24.7. The molecule has 1 amide bonds. The van der Waals surface area contributed by atoms with E-state index >= 15 is 0 Å². The lowest BCUT2D eigenvalue weighted by molar-refractivity contribution is -0.137. The van der Waals surface area contributed by atoms with E-state index in [-0.39, 0.29) is 24.2 Å². The molecule has 31 heavy (non-hydrogen) atoms. The van der Waals surface area contributed by atoms with E-state index in [0.717, 1.165) is 36.4 Å². The molecule has 0 aliphatic carbocycles. The third-order valence-electron chi connectivity index (χ3n) is 4.40. The van der Waals surface area contributed by atoms with Crippen LogP contribution in [0.1, 0.15) is 21.5 Å². The molecule has 0 saturated carbocycles. The molecule has 0 heterocycles. The molecule has 2 aromatic carbocycles. The predicted octanol–water partition coefficient (Wildman–Crippen LogP) is 3.91. The minimum absolute atomic E-state index is 0.0268. The summed E-state index contributed by atoms with van der Waals surface area (Å²) in [7, 11) is -1.28. The largest absolute Gasteiger partial charge is 0.416 e. The van der Waals surface area contributed by atoms with Gasteiger partial charge in [0.2, 0.25) is 9.84 Å². The van der Waals surface area contributed by atoms with Gasteiger partial charge < -0.3 is 9.80 Å². The van der Waals surface area contributed by atoms with Gasteiger partial charge in [-0.25, -0.2) is 8.42 Å². The number of likely N-dealkylation sites (N-methyl/N-ethyl adjacent to an activating group) is 1. The molecule has 0 aromatic heterocycles. The van der Waals surface area contributed by atoms with E-state index in [0.29, 0.717) is 6.54 Å². The molecule has 0 spiro atoms. The lowest BCUT2D eigenvalue weighted by Gasteiger charge is -2.25. The smallest absolute Gasteiger partial charge is 0.333 e. The number of rotatable bonds is 8. The summed E-state index contributed by atoms with van der Waals surface area (Å²) in [6.07, 6.45) is -4.53. The topological polar surface area (TPSA) is 57.7 Å². The lowest BCUT2D eigenvalue weighted by Crippen LogP contribution is -2.36. The minimum Gasteiger partial charge on any atom is -0.333 e.